The van der Waals surface area contributed by atoms with Crippen molar-refractivity contribution in [3.63, 3.8) is 0 Å². The maximum absolute atomic E-state index is 5.93. The van der Waals surface area contributed by atoms with E-state index in [1.54, 1.807) is 0 Å². The number of nitrogens with zero attached hydrogens (tertiary/aromatic N) is 2. The first-order valence-corrected chi connectivity index (χ1v) is 6.40. The second-order valence-corrected chi connectivity index (χ2v) is 4.93. The molecule has 1 N–H and O–H groups in total. The van der Waals surface area contributed by atoms with E-state index in [-0.39, 0.29) is 0 Å². The minimum Gasteiger partial charge on any atom is -0.311 e. The highest BCUT2D eigenvalue weighted by Crippen LogP contribution is 2.11. The summed E-state index contributed by atoms with van der Waals surface area (Å²) in [6.07, 6.45) is 5.10. The molecule has 0 aliphatic rings. The number of halogens is 1. The summed E-state index contributed by atoms with van der Waals surface area (Å²) in [7, 11) is 0. The molecule has 0 saturated carbocycles. The summed E-state index contributed by atoms with van der Waals surface area (Å²) in [5, 5.41) is 4.15. The molecule has 0 bridgehead atoms. The lowest BCUT2D eigenvalue weighted by Crippen LogP contribution is -2.20. The fourth-order valence-corrected chi connectivity index (χ4v) is 1.86. The molecule has 0 fully saturated rings. The van der Waals surface area contributed by atoms with E-state index in [1.807, 2.05) is 28.9 Å². The van der Waals surface area contributed by atoms with E-state index in [4.69, 9.17) is 11.6 Å². The first-order valence-electron chi connectivity index (χ1n) is 6.03. The number of hydrogen-bond donors (Lipinski definition) is 1. The third-order valence-electron chi connectivity index (χ3n) is 2.96. The molecule has 1 unspecified atom stereocenters. The van der Waals surface area contributed by atoms with Gasteiger partial charge in [-0.2, -0.15) is 0 Å². The van der Waals surface area contributed by atoms with E-state index in [0.717, 1.165) is 29.5 Å². The van der Waals surface area contributed by atoms with Crippen LogP contribution in [0.5, 0.6) is 0 Å². The highest BCUT2D eigenvalue weighted by atomic mass is 35.5. The number of pyridine rings is 1. The predicted molar refractivity (Wildman–Crippen MR) is 71.4 cm³/mol. The highest BCUT2D eigenvalue weighted by molar-refractivity contribution is 6.30. The van der Waals surface area contributed by atoms with E-state index in [1.165, 1.54) is 6.42 Å². The van der Waals surface area contributed by atoms with Crippen LogP contribution in [0.4, 0.5) is 0 Å². The van der Waals surface area contributed by atoms with Gasteiger partial charge < -0.3 is 9.72 Å². The van der Waals surface area contributed by atoms with Gasteiger partial charge in [0.05, 0.1) is 10.7 Å². The molecule has 2 aromatic heterocycles. The standard InChI is InChI=1S/C13H18ClN3/c1-3-10(2)6-15-7-12-9-17-8-11(14)4-5-13(17)16-12/h4-5,8-10,15H,3,6-7H2,1-2H3. The van der Waals surface area contributed by atoms with Gasteiger partial charge in [-0.25, -0.2) is 4.98 Å². The second kappa shape index (κ2) is 5.52. The van der Waals surface area contributed by atoms with Crippen molar-refractivity contribution in [1.82, 2.24) is 14.7 Å². The smallest absolute Gasteiger partial charge is 0.137 e. The summed E-state index contributed by atoms with van der Waals surface area (Å²) in [6, 6.07) is 3.79. The Morgan fingerprint density at radius 2 is 2.24 bits per heavy atom. The summed E-state index contributed by atoms with van der Waals surface area (Å²) in [5.41, 5.74) is 1.99. The van der Waals surface area contributed by atoms with Crippen LogP contribution in [-0.2, 0) is 6.54 Å². The summed E-state index contributed by atoms with van der Waals surface area (Å²) in [4.78, 5) is 4.52. The molecule has 0 aromatic carbocycles. The number of rotatable bonds is 5. The zero-order valence-electron chi connectivity index (χ0n) is 10.3. The van der Waals surface area contributed by atoms with Gasteiger partial charge in [0.1, 0.15) is 5.65 Å². The number of fused-ring (bicyclic) bond motifs is 1. The van der Waals surface area contributed by atoms with E-state index in [9.17, 15) is 0 Å². The van der Waals surface area contributed by atoms with Gasteiger partial charge in [-0.3, -0.25) is 0 Å². The van der Waals surface area contributed by atoms with Crippen LogP contribution in [0.2, 0.25) is 5.02 Å². The minimum atomic E-state index is 0.710. The third-order valence-corrected chi connectivity index (χ3v) is 3.18. The molecule has 0 aliphatic heterocycles. The van der Waals surface area contributed by atoms with Gasteiger partial charge in [0.2, 0.25) is 0 Å². The van der Waals surface area contributed by atoms with E-state index < -0.39 is 0 Å². The largest absolute Gasteiger partial charge is 0.311 e. The quantitative estimate of drug-likeness (QED) is 0.885. The Morgan fingerprint density at radius 3 is 3.00 bits per heavy atom. The SMILES string of the molecule is CCC(C)CNCc1cn2cc(Cl)ccc2n1. The predicted octanol–water partition coefficient (Wildman–Crippen LogP) is 3.12. The summed E-state index contributed by atoms with van der Waals surface area (Å²) < 4.78 is 1.96. The molecule has 2 heterocycles. The maximum atomic E-state index is 5.93. The number of nitrogens with one attached hydrogen (secondary N) is 1. The zero-order valence-corrected chi connectivity index (χ0v) is 11.0. The molecular formula is C13H18ClN3. The fraction of sp³-hybridized carbons (Fsp3) is 0.462. The lowest BCUT2D eigenvalue weighted by Gasteiger charge is -2.08. The molecule has 1 atom stereocenters. The monoisotopic (exact) mass is 251 g/mol. The van der Waals surface area contributed by atoms with E-state index >= 15 is 0 Å². The van der Waals surface area contributed by atoms with Gasteiger partial charge in [-0.05, 0) is 24.6 Å². The van der Waals surface area contributed by atoms with Gasteiger partial charge >= 0.3 is 0 Å². The van der Waals surface area contributed by atoms with Crippen LogP contribution in [-0.4, -0.2) is 15.9 Å². The molecule has 0 spiro atoms. The Kier molecular flexibility index (Phi) is 4.02. The lowest BCUT2D eigenvalue weighted by atomic mass is 10.1. The van der Waals surface area contributed by atoms with Crippen molar-refractivity contribution < 1.29 is 0 Å². The summed E-state index contributed by atoms with van der Waals surface area (Å²) in [5.74, 6) is 0.710. The number of imidazole rings is 1. The van der Waals surface area contributed by atoms with Crippen molar-refractivity contribution in [3.8, 4) is 0 Å². The Balaban J connectivity index is 1.99. The summed E-state index contributed by atoms with van der Waals surface area (Å²) in [6.45, 7) is 6.30. The first kappa shape index (κ1) is 12.4. The Bertz CT molecular complexity index is 492. The molecule has 0 aliphatic carbocycles. The Morgan fingerprint density at radius 1 is 1.41 bits per heavy atom. The van der Waals surface area contributed by atoms with Crippen LogP contribution in [0, 0.1) is 5.92 Å². The van der Waals surface area contributed by atoms with Crippen LogP contribution in [0.1, 0.15) is 26.0 Å². The van der Waals surface area contributed by atoms with Crippen LogP contribution in [0.3, 0.4) is 0 Å². The Hall–Kier alpha value is -1.06. The molecule has 0 radical (unpaired) electrons. The topological polar surface area (TPSA) is 29.3 Å². The second-order valence-electron chi connectivity index (χ2n) is 4.49. The van der Waals surface area contributed by atoms with Gasteiger partial charge in [0.15, 0.2) is 0 Å². The molecule has 3 nitrogen and oxygen atoms in total. The normalized spacial score (nSPS) is 13.1. The summed E-state index contributed by atoms with van der Waals surface area (Å²) >= 11 is 5.93. The van der Waals surface area contributed by atoms with Crippen LogP contribution < -0.4 is 5.32 Å². The maximum Gasteiger partial charge on any atom is 0.137 e. The molecule has 92 valence electrons. The van der Waals surface area contributed by atoms with E-state index in [2.05, 4.69) is 24.1 Å². The lowest BCUT2D eigenvalue weighted by molar-refractivity contribution is 0.498. The van der Waals surface area contributed by atoms with Gasteiger partial charge in [-0.15, -0.1) is 0 Å². The average molecular weight is 252 g/mol. The first-order chi connectivity index (χ1) is 8.19. The van der Waals surface area contributed by atoms with Crippen molar-refractivity contribution in [2.24, 2.45) is 5.92 Å². The van der Waals surface area contributed by atoms with Gasteiger partial charge in [0, 0.05) is 18.9 Å². The van der Waals surface area contributed by atoms with Crippen molar-refractivity contribution in [2.75, 3.05) is 6.54 Å². The number of hydrogen-bond acceptors (Lipinski definition) is 2. The van der Waals surface area contributed by atoms with Crippen molar-refractivity contribution in [3.05, 3.63) is 35.2 Å². The zero-order chi connectivity index (χ0) is 12.3. The molecule has 2 rings (SSSR count). The van der Waals surface area contributed by atoms with Crippen LogP contribution >= 0.6 is 11.6 Å². The minimum absolute atomic E-state index is 0.710. The fourth-order valence-electron chi connectivity index (χ4n) is 1.69. The Labute approximate surface area is 107 Å². The third kappa shape index (κ3) is 3.20. The van der Waals surface area contributed by atoms with Crippen molar-refractivity contribution in [1.29, 1.82) is 0 Å². The molecule has 4 heteroatoms. The molecule has 0 saturated heterocycles. The van der Waals surface area contributed by atoms with Crippen molar-refractivity contribution in [2.45, 2.75) is 26.8 Å². The van der Waals surface area contributed by atoms with Crippen LogP contribution in [0.15, 0.2) is 24.5 Å². The van der Waals surface area contributed by atoms with E-state index in [0.29, 0.717) is 5.92 Å². The molecule has 2 aromatic rings. The van der Waals surface area contributed by atoms with Gasteiger partial charge in [-0.1, -0.05) is 31.9 Å². The number of aromatic nitrogens is 2. The average Bonchev–Trinajstić information content (AvgIpc) is 2.70. The molecule has 0 amide bonds. The van der Waals surface area contributed by atoms with Gasteiger partial charge in [0.25, 0.3) is 0 Å². The molecular weight excluding hydrogens is 234 g/mol. The van der Waals surface area contributed by atoms with Crippen molar-refractivity contribution >= 4 is 17.2 Å². The van der Waals surface area contributed by atoms with Crippen LogP contribution in [0.25, 0.3) is 5.65 Å². The highest BCUT2D eigenvalue weighted by Gasteiger charge is 2.03. The molecule has 17 heavy (non-hydrogen) atoms.